The zero-order valence-corrected chi connectivity index (χ0v) is 17.2. The van der Waals surface area contributed by atoms with Gasteiger partial charge in [-0.15, -0.1) is 0 Å². The molecule has 0 saturated carbocycles. The molecule has 0 unspecified atom stereocenters. The Morgan fingerprint density at radius 3 is 2.30 bits per heavy atom. The maximum Gasteiger partial charge on any atom is 0.298 e. The van der Waals surface area contributed by atoms with Crippen molar-refractivity contribution < 1.29 is 23.8 Å². The van der Waals surface area contributed by atoms with Crippen LogP contribution in [0.2, 0.25) is 0 Å². The monoisotopic (exact) mass is 449 g/mol. The van der Waals surface area contributed by atoms with Crippen LogP contribution in [-0.4, -0.2) is 32.5 Å². The van der Waals surface area contributed by atoms with Crippen LogP contribution in [0.25, 0.3) is 6.08 Å². The predicted octanol–water partition coefficient (Wildman–Crippen LogP) is 4.72. The number of carbonyl (C=O) groups is 2. The molecule has 0 bridgehead atoms. The van der Waals surface area contributed by atoms with E-state index in [1.807, 2.05) is 0 Å². The van der Waals surface area contributed by atoms with E-state index in [0.29, 0.717) is 37.9 Å². The van der Waals surface area contributed by atoms with E-state index in [2.05, 4.69) is 15.9 Å². The summed E-state index contributed by atoms with van der Waals surface area (Å²) in [7, 11) is 4.58. The molecule has 27 heavy (non-hydrogen) atoms. The Kier molecular flexibility index (Phi) is 5.76. The standard InChI is InChI=1S/C19H16BrNO5S/c1-24-14-7-5-4-6-13(14)21-18(22)17(27-19(21)23)9-11-8-12(20)16(26-3)10-15(11)25-2/h4-10H,1-3H3. The van der Waals surface area contributed by atoms with Crippen LogP contribution in [0.15, 0.2) is 45.8 Å². The third-order valence-corrected chi connectivity index (χ3v) is 5.40. The average Bonchev–Trinajstić information content (AvgIpc) is 2.95. The molecule has 6 nitrogen and oxygen atoms in total. The van der Waals surface area contributed by atoms with Gasteiger partial charge in [0.2, 0.25) is 0 Å². The zero-order valence-electron chi connectivity index (χ0n) is 14.8. The van der Waals surface area contributed by atoms with Crippen LogP contribution in [-0.2, 0) is 4.79 Å². The van der Waals surface area contributed by atoms with Gasteiger partial charge in [-0.1, -0.05) is 12.1 Å². The summed E-state index contributed by atoms with van der Waals surface area (Å²) in [4.78, 5) is 26.8. The molecule has 0 atom stereocenters. The first-order chi connectivity index (χ1) is 13.0. The summed E-state index contributed by atoms with van der Waals surface area (Å²) in [6, 6.07) is 10.4. The molecule has 0 spiro atoms. The highest BCUT2D eigenvalue weighted by molar-refractivity contribution is 9.10. The number of rotatable bonds is 5. The molecule has 0 aromatic heterocycles. The van der Waals surface area contributed by atoms with Crippen LogP contribution in [0.4, 0.5) is 10.5 Å². The Bertz CT molecular complexity index is 944. The maximum absolute atomic E-state index is 12.9. The smallest absolute Gasteiger partial charge is 0.298 e. The summed E-state index contributed by atoms with van der Waals surface area (Å²) in [5, 5.41) is -0.387. The molecule has 0 aliphatic carbocycles. The lowest BCUT2D eigenvalue weighted by Gasteiger charge is -2.15. The minimum atomic E-state index is -0.413. The second-order valence-electron chi connectivity index (χ2n) is 5.42. The average molecular weight is 450 g/mol. The number of thioether (sulfide) groups is 1. The number of amides is 2. The lowest BCUT2D eigenvalue weighted by Crippen LogP contribution is -2.28. The van der Waals surface area contributed by atoms with Gasteiger partial charge in [0.25, 0.3) is 11.1 Å². The van der Waals surface area contributed by atoms with Crippen molar-refractivity contribution in [3.05, 3.63) is 51.3 Å². The van der Waals surface area contributed by atoms with Crippen LogP contribution in [0.1, 0.15) is 5.56 Å². The van der Waals surface area contributed by atoms with Crippen LogP contribution in [0, 0.1) is 0 Å². The van der Waals surface area contributed by atoms with Gasteiger partial charge in [0.15, 0.2) is 0 Å². The molecule has 1 aliphatic rings. The molecule has 0 N–H and O–H groups in total. The first-order valence-electron chi connectivity index (χ1n) is 7.82. The highest BCUT2D eigenvalue weighted by Gasteiger charge is 2.37. The molecule has 2 amide bonds. The van der Waals surface area contributed by atoms with E-state index in [-0.39, 0.29) is 5.24 Å². The van der Waals surface area contributed by atoms with E-state index in [1.165, 1.54) is 14.2 Å². The van der Waals surface area contributed by atoms with E-state index in [9.17, 15) is 9.59 Å². The van der Waals surface area contributed by atoms with Crippen molar-refractivity contribution in [2.75, 3.05) is 26.2 Å². The summed E-state index contributed by atoms with van der Waals surface area (Å²) < 4.78 is 16.6. The molecule has 0 radical (unpaired) electrons. The molecule has 1 saturated heterocycles. The first kappa shape index (κ1) is 19.3. The lowest BCUT2D eigenvalue weighted by atomic mass is 10.1. The largest absolute Gasteiger partial charge is 0.496 e. The zero-order chi connectivity index (χ0) is 19.6. The molecule has 1 fully saturated rings. The Balaban J connectivity index is 2.01. The summed E-state index contributed by atoms with van der Waals surface area (Å²) in [5.74, 6) is 1.17. The number of nitrogens with zero attached hydrogens (tertiary/aromatic N) is 1. The van der Waals surface area contributed by atoms with Gasteiger partial charge in [0.1, 0.15) is 17.2 Å². The Labute approximate surface area is 169 Å². The molecule has 8 heteroatoms. The second kappa shape index (κ2) is 8.06. The van der Waals surface area contributed by atoms with Gasteiger partial charge in [-0.25, -0.2) is 4.90 Å². The van der Waals surface area contributed by atoms with Gasteiger partial charge < -0.3 is 14.2 Å². The summed E-state index contributed by atoms with van der Waals surface area (Å²) in [6.07, 6.45) is 1.63. The van der Waals surface area contributed by atoms with Gasteiger partial charge in [-0.3, -0.25) is 9.59 Å². The van der Waals surface area contributed by atoms with Crippen molar-refractivity contribution >= 4 is 50.6 Å². The fourth-order valence-electron chi connectivity index (χ4n) is 2.63. The number of carbonyl (C=O) groups excluding carboxylic acids is 2. The maximum atomic E-state index is 12.9. The molecule has 3 rings (SSSR count). The summed E-state index contributed by atoms with van der Waals surface area (Å²) in [6.45, 7) is 0. The number of halogens is 1. The second-order valence-corrected chi connectivity index (χ2v) is 7.27. The number of ether oxygens (including phenoxy) is 3. The van der Waals surface area contributed by atoms with E-state index < -0.39 is 5.91 Å². The molecule has 1 heterocycles. The lowest BCUT2D eigenvalue weighted by molar-refractivity contribution is -0.113. The number of methoxy groups -OCH3 is 3. The number of hydrogen-bond donors (Lipinski definition) is 0. The first-order valence-corrected chi connectivity index (χ1v) is 9.43. The normalized spacial score (nSPS) is 15.4. The summed E-state index contributed by atoms with van der Waals surface area (Å²) in [5.41, 5.74) is 1.06. The number of imide groups is 1. The van der Waals surface area contributed by atoms with Crippen molar-refractivity contribution in [1.29, 1.82) is 0 Å². The van der Waals surface area contributed by atoms with Crippen molar-refractivity contribution in [3.63, 3.8) is 0 Å². The number of para-hydroxylation sites is 2. The topological polar surface area (TPSA) is 65.1 Å². The molecule has 140 valence electrons. The van der Waals surface area contributed by atoms with Crippen LogP contribution >= 0.6 is 27.7 Å². The van der Waals surface area contributed by atoms with Gasteiger partial charge in [0, 0.05) is 11.6 Å². The van der Waals surface area contributed by atoms with Crippen LogP contribution in [0.5, 0.6) is 17.2 Å². The highest BCUT2D eigenvalue weighted by Crippen LogP contribution is 2.41. The molecule has 2 aromatic rings. The molecule has 2 aromatic carbocycles. The highest BCUT2D eigenvalue weighted by atomic mass is 79.9. The molecular formula is C19H16BrNO5S. The van der Waals surface area contributed by atoms with Crippen molar-refractivity contribution in [2.45, 2.75) is 0 Å². The van der Waals surface area contributed by atoms with Crippen molar-refractivity contribution in [1.82, 2.24) is 0 Å². The predicted molar refractivity (Wildman–Crippen MR) is 109 cm³/mol. The third kappa shape index (κ3) is 3.68. The fourth-order valence-corrected chi connectivity index (χ4v) is 3.98. The van der Waals surface area contributed by atoms with E-state index in [1.54, 1.807) is 49.6 Å². The third-order valence-electron chi connectivity index (χ3n) is 3.91. The number of anilines is 1. The van der Waals surface area contributed by atoms with Crippen LogP contribution in [0.3, 0.4) is 0 Å². The van der Waals surface area contributed by atoms with Crippen LogP contribution < -0.4 is 19.1 Å². The number of hydrogen-bond acceptors (Lipinski definition) is 6. The quantitative estimate of drug-likeness (QED) is 0.615. The Hall–Kier alpha value is -2.45. The van der Waals surface area contributed by atoms with E-state index >= 15 is 0 Å². The fraction of sp³-hybridized carbons (Fsp3) is 0.158. The van der Waals surface area contributed by atoms with Gasteiger partial charge in [-0.05, 0) is 52.0 Å². The van der Waals surface area contributed by atoms with Gasteiger partial charge in [-0.2, -0.15) is 0 Å². The Morgan fingerprint density at radius 2 is 1.63 bits per heavy atom. The SMILES string of the molecule is COc1cc(OC)c(C=C2SC(=O)N(c3ccccc3OC)C2=O)cc1Br. The van der Waals surface area contributed by atoms with Crippen molar-refractivity contribution in [2.24, 2.45) is 0 Å². The van der Waals surface area contributed by atoms with Crippen molar-refractivity contribution in [3.8, 4) is 17.2 Å². The summed E-state index contributed by atoms with van der Waals surface area (Å²) >= 11 is 4.29. The Morgan fingerprint density at radius 1 is 0.963 bits per heavy atom. The minimum Gasteiger partial charge on any atom is -0.496 e. The molecular weight excluding hydrogens is 434 g/mol. The van der Waals surface area contributed by atoms with Gasteiger partial charge >= 0.3 is 0 Å². The molecule has 1 aliphatic heterocycles. The minimum absolute atomic E-state index is 0.293. The van der Waals surface area contributed by atoms with Gasteiger partial charge in [0.05, 0.1) is 36.4 Å². The van der Waals surface area contributed by atoms with E-state index in [0.717, 1.165) is 16.7 Å². The number of benzene rings is 2. The van der Waals surface area contributed by atoms with E-state index in [4.69, 9.17) is 14.2 Å².